The quantitative estimate of drug-likeness (QED) is 0.709. The van der Waals surface area contributed by atoms with Crippen LogP contribution < -0.4 is 19.1 Å². The number of hydrogen-bond acceptors (Lipinski definition) is 6. The Labute approximate surface area is 153 Å². The first-order chi connectivity index (χ1) is 12.7. The van der Waals surface area contributed by atoms with Crippen LogP contribution in [0.3, 0.4) is 0 Å². The minimum absolute atomic E-state index is 0.0922. The zero-order valence-corrected chi connectivity index (χ0v) is 14.7. The molecule has 3 rings (SSSR count). The van der Waals surface area contributed by atoms with E-state index in [0.29, 0.717) is 10.1 Å². The van der Waals surface area contributed by atoms with Crippen molar-refractivity contribution in [3.8, 4) is 11.5 Å². The van der Waals surface area contributed by atoms with Crippen molar-refractivity contribution in [2.45, 2.75) is 0 Å². The Morgan fingerprint density at radius 1 is 1.30 bits per heavy atom. The Hall–Kier alpha value is -3.34. The molecule has 11 heteroatoms. The van der Waals surface area contributed by atoms with Gasteiger partial charge in [-0.2, -0.15) is 8.42 Å². The minimum atomic E-state index is -4.29. The molecule has 27 heavy (non-hydrogen) atoms. The first-order valence-corrected chi connectivity index (χ1v) is 8.96. The Morgan fingerprint density at radius 3 is 2.48 bits per heavy atom. The van der Waals surface area contributed by atoms with Gasteiger partial charge in [0.15, 0.2) is 5.82 Å². The zero-order chi connectivity index (χ0) is 19.8. The summed E-state index contributed by atoms with van der Waals surface area (Å²) in [5.41, 5.74) is -0.516. The number of hydrogen-bond donors (Lipinski definition) is 3. The fourth-order valence-electron chi connectivity index (χ4n) is 2.50. The van der Waals surface area contributed by atoms with Gasteiger partial charge in [-0.3, -0.25) is 9.59 Å². The summed E-state index contributed by atoms with van der Waals surface area (Å²) in [5, 5.41) is 12.4. The van der Waals surface area contributed by atoms with E-state index in [1.165, 1.54) is 19.2 Å². The number of halogens is 1. The van der Waals surface area contributed by atoms with Crippen LogP contribution in [-0.2, 0) is 15.0 Å². The lowest BCUT2D eigenvalue weighted by molar-refractivity contribution is -0.117. The summed E-state index contributed by atoms with van der Waals surface area (Å²) in [6.07, 6.45) is 0. The number of carbonyl (C=O) groups is 2. The smallest absolute Gasteiger partial charge is 0.326 e. The van der Waals surface area contributed by atoms with Gasteiger partial charge in [-0.05, 0) is 30.3 Å². The minimum Gasteiger partial charge on any atom is -0.506 e. The molecule has 1 aliphatic rings. The Balaban J connectivity index is 1.86. The van der Waals surface area contributed by atoms with E-state index < -0.39 is 45.8 Å². The van der Waals surface area contributed by atoms with Crippen molar-refractivity contribution in [2.75, 3.05) is 23.3 Å². The van der Waals surface area contributed by atoms with Crippen LogP contribution in [0.2, 0.25) is 0 Å². The fourth-order valence-corrected chi connectivity index (χ4v) is 3.67. The second-order valence-electron chi connectivity index (χ2n) is 5.55. The summed E-state index contributed by atoms with van der Waals surface area (Å²) < 4.78 is 45.1. The van der Waals surface area contributed by atoms with Gasteiger partial charge in [0, 0.05) is 17.3 Å². The standard InChI is InChI=1S/C16H14FN3O6S/c1-26-11-4-2-9(3-5-11)16(23)18-10-6-12(17)15(13(21)7-10)20-8-14(22)19-27(20,24)25/h2-7,21H,8H2,1H3,(H,18,23)(H,19,22). The van der Waals surface area contributed by atoms with Crippen molar-refractivity contribution in [1.29, 1.82) is 0 Å². The Kier molecular flexibility index (Phi) is 4.62. The number of phenols is 1. The van der Waals surface area contributed by atoms with Gasteiger partial charge in [-0.1, -0.05) is 0 Å². The molecule has 142 valence electrons. The molecule has 9 nitrogen and oxygen atoms in total. The average molecular weight is 395 g/mol. The molecule has 0 aromatic heterocycles. The third-order valence-corrected chi connectivity index (χ3v) is 5.10. The first kappa shape index (κ1) is 18.5. The van der Waals surface area contributed by atoms with Crippen molar-refractivity contribution < 1.29 is 32.2 Å². The second kappa shape index (κ2) is 6.76. The fraction of sp³-hybridized carbons (Fsp3) is 0.125. The molecule has 1 fully saturated rings. The van der Waals surface area contributed by atoms with Gasteiger partial charge < -0.3 is 15.2 Å². The topological polar surface area (TPSA) is 125 Å². The Bertz CT molecular complexity index is 1000. The SMILES string of the molecule is COc1ccc(C(=O)Nc2cc(O)c(N3CC(=O)NS3(=O)=O)c(F)c2)cc1. The number of ether oxygens (including phenoxy) is 1. The molecule has 2 aromatic carbocycles. The number of nitrogens with one attached hydrogen (secondary N) is 2. The van der Waals surface area contributed by atoms with Crippen molar-refractivity contribution in [3.05, 3.63) is 47.8 Å². The van der Waals surface area contributed by atoms with E-state index in [-0.39, 0.29) is 11.3 Å². The van der Waals surface area contributed by atoms with Crippen molar-refractivity contribution in [3.63, 3.8) is 0 Å². The number of phenolic OH excluding ortho intramolecular Hbond substituents is 1. The van der Waals surface area contributed by atoms with Gasteiger partial charge in [0.25, 0.3) is 11.8 Å². The van der Waals surface area contributed by atoms with Crippen molar-refractivity contribution in [1.82, 2.24) is 4.72 Å². The van der Waals surface area contributed by atoms with Crippen molar-refractivity contribution >= 4 is 33.4 Å². The number of anilines is 2. The highest BCUT2D eigenvalue weighted by Gasteiger charge is 2.37. The molecule has 0 aliphatic carbocycles. The maximum Gasteiger partial charge on any atom is 0.326 e. The number of carbonyl (C=O) groups excluding carboxylic acids is 2. The van der Waals surface area contributed by atoms with Crippen LogP contribution >= 0.6 is 0 Å². The Morgan fingerprint density at radius 2 is 1.96 bits per heavy atom. The predicted octanol–water partition coefficient (Wildman–Crippen LogP) is 0.973. The maximum atomic E-state index is 14.4. The van der Waals surface area contributed by atoms with Crippen LogP contribution in [-0.4, -0.2) is 39.0 Å². The highest BCUT2D eigenvalue weighted by molar-refractivity contribution is 7.92. The number of benzene rings is 2. The summed E-state index contributed by atoms with van der Waals surface area (Å²) in [5.74, 6) is -2.75. The number of rotatable bonds is 4. The van der Waals surface area contributed by atoms with Gasteiger partial charge in [-0.15, -0.1) is 0 Å². The van der Waals surface area contributed by atoms with E-state index in [0.717, 1.165) is 12.1 Å². The van der Waals surface area contributed by atoms with E-state index in [1.807, 2.05) is 0 Å². The molecular formula is C16H14FN3O6S. The van der Waals surface area contributed by atoms with Gasteiger partial charge in [0.1, 0.15) is 23.7 Å². The first-order valence-electron chi connectivity index (χ1n) is 7.52. The lowest BCUT2D eigenvalue weighted by Crippen LogP contribution is -2.30. The third kappa shape index (κ3) is 3.62. The molecule has 1 saturated heterocycles. The molecule has 0 atom stereocenters. The van der Waals surface area contributed by atoms with Gasteiger partial charge in [0.05, 0.1) is 7.11 Å². The van der Waals surface area contributed by atoms with E-state index in [2.05, 4.69) is 5.32 Å². The summed E-state index contributed by atoms with van der Waals surface area (Å²) in [7, 11) is -2.81. The summed E-state index contributed by atoms with van der Waals surface area (Å²) in [6.45, 7) is -0.662. The lowest BCUT2D eigenvalue weighted by atomic mass is 10.2. The van der Waals surface area contributed by atoms with Crippen molar-refractivity contribution in [2.24, 2.45) is 0 Å². The highest BCUT2D eigenvalue weighted by Crippen LogP contribution is 2.36. The largest absolute Gasteiger partial charge is 0.506 e. The second-order valence-corrected chi connectivity index (χ2v) is 7.14. The number of aromatic hydroxyl groups is 1. The molecule has 0 unspecified atom stereocenters. The summed E-state index contributed by atoms with van der Waals surface area (Å²) in [6, 6.07) is 7.95. The molecule has 0 saturated carbocycles. The van der Waals surface area contributed by atoms with Crippen LogP contribution in [0.15, 0.2) is 36.4 Å². The van der Waals surface area contributed by atoms with Crippen LogP contribution in [0, 0.1) is 5.82 Å². The van der Waals surface area contributed by atoms with Gasteiger partial charge in [-0.25, -0.2) is 13.4 Å². The predicted molar refractivity (Wildman–Crippen MR) is 93.4 cm³/mol. The number of methoxy groups -OCH3 is 1. The highest BCUT2D eigenvalue weighted by atomic mass is 32.2. The van der Waals surface area contributed by atoms with E-state index in [1.54, 1.807) is 16.9 Å². The third-order valence-electron chi connectivity index (χ3n) is 3.72. The van der Waals surface area contributed by atoms with Gasteiger partial charge >= 0.3 is 10.2 Å². The zero-order valence-electron chi connectivity index (χ0n) is 13.9. The molecule has 3 N–H and O–H groups in total. The molecule has 1 aliphatic heterocycles. The molecular weight excluding hydrogens is 381 g/mol. The molecule has 0 radical (unpaired) electrons. The summed E-state index contributed by atoms with van der Waals surface area (Å²) in [4.78, 5) is 23.5. The van der Waals surface area contributed by atoms with E-state index in [4.69, 9.17) is 4.74 Å². The van der Waals surface area contributed by atoms with Crippen LogP contribution in [0.25, 0.3) is 0 Å². The normalized spacial score (nSPS) is 15.3. The lowest BCUT2D eigenvalue weighted by Gasteiger charge is -2.18. The van der Waals surface area contributed by atoms with Crippen LogP contribution in [0.5, 0.6) is 11.5 Å². The van der Waals surface area contributed by atoms with E-state index >= 15 is 0 Å². The molecule has 0 spiro atoms. The van der Waals surface area contributed by atoms with E-state index in [9.17, 15) is 27.5 Å². The summed E-state index contributed by atoms with van der Waals surface area (Å²) >= 11 is 0. The van der Waals surface area contributed by atoms with Gasteiger partial charge in [0.2, 0.25) is 0 Å². The molecule has 1 heterocycles. The number of nitrogens with zero attached hydrogens (tertiary/aromatic N) is 1. The molecule has 0 bridgehead atoms. The molecule has 2 amide bonds. The average Bonchev–Trinajstić information content (AvgIpc) is 2.86. The van der Waals surface area contributed by atoms with Crippen LogP contribution in [0.1, 0.15) is 10.4 Å². The maximum absolute atomic E-state index is 14.4. The number of amides is 2. The molecule has 2 aromatic rings. The van der Waals surface area contributed by atoms with Crippen LogP contribution in [0.4, 0.5) is 15.8 Å². The monoisotopic (exact) mass is 395 g/mol.